The van der Waals surface area contributed by atoms with Gasteiger partial charge < -0.3 is 24.1 Å². The number of aliphatic hydroxyl groups is 1. The number of hydrogen-bond donors (Lipinski definition) is 1. The van der Waals surface area contributed by atoms with Crippen molar-refractivity contribution in [1.29, 1.82) is 0 Å². The SMILES string of the molecule is O=C(O[C@@H]1C2C[C@@H]3O[C@H](O2)OC1C3O)c1ccccc1. The van der Waals surface area contributed by atoms with E-state index in [0.717, 1.165) is 0 Å². The lowest BCUT2D eigenvalue weighted by atomic mass is 9.85. The first-order valence-corrected chi connectivity index (χ1v) is 6.63. The standard InChI is InChI=1S/C14H14O6/c15-10-8-6-9-11(12(10)20-14(17-8)18-9)19-13(16)7-4-2-1-3-5-7/h1-5,8-12,14-15H,6H2/t8-,9?,10?,11+,12?,14+/m0/s1. The lowest BCUT2D eigenvalue weighted by Gasteiger charge is -2.54. The zero-order chi connectivity index (χ0) is 13.7. The van der Waals surface area contributed by atoms with Crippen LogP contribution in [0.25, 0.3) is 0 Å². The number of carbonyl (C=O) groups is 1. The maximum atomic E-state index is 12.1. The second-order valence-electron chi connectivity index (χ2n) is 5.20. The number of esters is 1. The van der Waals surface area contributed by atoms with Crippen molar-refractivity contribution < 1.29 is 28.8 Å². The van der Waals surface area contributed by atoms with Crippen LogP contribution in [0.15, 0.2) is 30.3 Å². The molecule has 1 aromatic rings. The summed E-state index contributed by atoms with van der Waals surface area (Å²) in [6, 6.07) is 8.72. The van der Waals surface area contributed by atoms with Gasteiger partial charge in [-0.2, -0.15) is 0 Å². The van der Waals surface area contributed by atoms with Gasteiger partial charge in [-0.15, -0.1) is 0 Å². The number of hydrogen-bond acceptors (Lipinski definition) is 6. The van der Waals surface area contributed by atoms with E-state index in [1.165, 1.54) is 0 Å². The molecule has 0 spiro atoms. The molecular formula is C14H14O6. The predicted molar refractivity (Wildman–Crippen MR) is 64.7 cm³/mol. The summed E-state index contributed by atoms with van der Waals surface area (Å²) in [4.78, 5) is 12.1. The molecule has 20 heavy (non-hydrogen) atoms. The van der Waals surface area contributed by atoms with E-state index in [4.69, 9.17) is 18.9 Å². The van der Waals surface area contributed by atoms with Crippen LogP contribution >= 0.6 is 0 Å². The molecule has 1 N–H and O–H groups in total. The van der Waals surface area contributed by atoms with Crippen LogP contribution in [0, 0.1) is 0 Å². The van der Waals surface area contributed by atoms with Gasteiger partial charge in [0, 0.05) is 6.42 Å². The fraction of sp³-hybridized carbons (Fsp3) is 0.500. The van der Waals surface area contributed by atoms with Gasteiger partial charge >= 0.3 is 5.97 Å². The lowest BCUT2D eigenvalue weighted by molar-refractivity contribution is -0.461. The van der Waals surface area contributed by atoms with E-state index in [-0.39, 0.29) is 12.2 Å². The van der Waals surface area contributed by atoms with Crippen LogP contribution in [-0.4, -0.2) is 48.1 Å². The molecule has 6 atom stereocenters. The van der Waals surface area contributed by atoms with Crippen molar-refractivity contribution in [2.24, 2.45) is 0 Å². The molecule has 0 aromatic heterocycles. The highest BCUT2D eigenvalue weighted by Gasteiger charge is 2.58. The Hall–Kier alpha value is -1.47. The Morgan fingerprint density at radius 3 is 2.70 bits per heavy atom. The summed E-state index contributed by atoms with van der Waals surface area (Å²) in [5, 5.41) is 10.1. The van der Waals surface area contributed by atoms with Crippen molar-refractivity contribution >= 4 is 5.97 Å². The van der Waals surface area contributed by atoms with Crippen molar-refractivity contribution in [2.45, 2.75) is 43.4 Å². The van der Waals surface area contributed by atoms with Gasteiger partial charge in [-0.25, -0.2) is 4.79 Å². The molecule has 5 rings (SSSR count). The number of rotatable bonds is 2. The first kappa shape index (κ1) is 12.3. The quantitative estimate of drug-likeness (QED) is 0.791. The van der Waals surface area contributed by atoms with Gasteiger partial charge in [0.05, 0.1) is 11.7 Å². The zero-order valence-electron chi connectivity index (χ0n) is 10.5. The number of benzene rings is 1. The highest BCUT2D eigenvalue weighted by atomic mass is 16.9. The summed E-state index contributed by atoms with van der Waals surface area (Å²) in [6.45, 7) is -0.751. The third-order valence-corrected chi connectivity index (χ3v) is 3.97. The third-order valence-electron chi connectivity index (χ3n) is 3.97. The Bertz CT molecular complexity index is 518. The van der Waals surface area contributed by atoms with E-state index in [2.05, 4.69) is 0 Å². The van der Waals surface area contributed by atoms with Gasteiger partial charge in [-0.05, 0) is 12.1 Å². The molecule has 3 unspecified atom stereocenters. The summed E-state index contributed by atoms with van der Waals surface area (Å²) in [5.74, 6) is -0.441. The summed E-state index contributed by atoms with van der Waals surface area (Å²) in [6.07, 6.45) is -2.06. The molecule has 3 heterocycles. The molecule has 1 saturated carbocycles. The van der Waals surface area contributed by atoms with Crippen molar-refractivity contribution in [3.8, 4) is 0 Å². The van der Waals surface area contributed by atoms with Crippen LogP contribution in [-0.2, 0) is 18.9 Å². The van der Waals surface area contributed by atoms with Gasteiger partial charge in [-0.1, -0.05) is 18.2 Å². The molecule has 0 radical (unpaired) electrons. The second-order valence-corrected chi connectivity index (χ2v) is 5.20. The molecule has 4 fully saturated rings. The molecule has 3 saturated heterocycles. The predicted octanol–water partition coefficient (Wildman–Crippen LogP) is 0.443. The number of ether oxygens (including phenoxy) is 4. The van der Waals surface area contributed by atoms with E-state index in [9.17, 15) is 9.90 Å². The average molecular weight is 278 g/mol. The highest BCUT2D eigenvalue weighted by molar-refractivity contribution is 5.89. The summed E-state index contributed by atoms with van der Waals surface area (Å²) in [7, 11) is 0. The fourth-order valence-electron chi connectivity index (χ4n) is 2.97. The Morgan fingerprint density at radius 1 is 1.15 bits per heavy atom. The van der Waals surface area contributed by atoms with Crippen molar-refractivity contribution in [1.82, 2.24) is 0 Å². The Labute approximate surface area is 115 Å². The summed E-state index contributed by atoms with van der Waals surface area (Å²) < 4.78 is 21.7. The van der Waals surface area contributed by atoms with Crippen LogP contribution in [0.4, 0.5) is 0 Å². The second kappa shape index (κ2) is 4.53. The first-order valence-electron chi connectivity index (χ1n) is 6.63. The normalized spacial score (nSPS) is 41.6. The van der Waals surface area contributed by atoms with Crippen molar-refractivity contribution in [3.05, 3.63) is 35.9 Å². The number of carbonyl (C=O) groups excluding carboxylic acids is 1. The minimum atomic E-state index is -0.792. The van der Waals surface area contributed by atoms with E-state index < -0.39 is 30.8 Å². The molecule has 4 aliphatic rings. The van der Waals surface area contributed by atoms with Crippen LogP contribution in [0.2, 0.25) is 0 Å². The Balaban J connectivity index is 1.53. The number of aliphatic hydroxyl groups excluding tert-OH is 1. The van der Waals surface area contributed by atoms with E-state index in [1.54, 1.807) is 24.3 Å². The third kappa shape index (κ3) is 1.84. The molecule has 1 aromatic carbocycles. The van der Waals surface area contributed by atoms with Gasteiger partial charge in [0.15, 0.2) is 6.10 Å². The smallest absolute Gasteiger partial charge is 0.338 e. The minimum Gasteiger partial charge on any atom is -0.453 e. The maximum Gasteiger partial charge on any atom is 0.338 e. The highest BCUT2D eigenvalue weighted by Crippen LogP contribution is 2.40. The van der Waals surface area contributed by atoms with Gasteiger partial charge in [0.25, 0.3) is 6.48 Å². The molecule has 106 valence electrons. The van der Waals surface area contributed by atoms with Gasteiger partial charge in [0.1, 0.15) is 18.3 Å². The maximum absolute atomic E-state index is 12.1. The van der Waals surface area contributed by atoms with Gasteiger partial charge in [0.2, 0.25) is 0 Å². The molecular weight excluding hydrogens is 264 g/mol. The van der Waals surface area contributed by atoms with Crippen LogP contribution in [0.5, 0.6) is 0 Å². The van der Waals surface area contributed by atoms with Crippen LogP contribution < -0.4 is 0 Å². The first-order chi connectivity index (χ1) is 9.72. The van der Waals surface area contributed by atoms with Crippen LogP contribution in [0.1, 0.15) is 16.8 Å². The monoisotopic (exact) mass is 278 g/mol. The van der Waals surface area contributed by atoms with Gasteiger partial charge in [-0.3, -0.25) is 0 Å². The van der Waals surface area contributed by atoms with E-state index >= 15 is 0 Å². The van der Waals surface area contributed by atoms with Crippen molar-refractivity contribution in [3.63, 3.8) is 0 Å². The topological polar surface area (TPSA) is 74.2 Å². The molecule has 0 amide bonds. The molecule has 4 bridgehead atoms. The lowest BCUT2D eigenvalue weighted by Crippen LogP contribution is -2.69. The Kier molecular flexibility index (Phi) is 2.78. The minimum absolute atomic E-state index is 0.284. The van der Waals surface area contributed by atoms with Crippen LogP contribution in [0.3, 0.4) is 0 Å². The Morgan fingerprint density at radius 2 is 1.90 bits per heavy atom. The zero-order valence-corrected chi connectivity index (χ0v) is 10.5. The fourth-order valence-corrected chi connectivity index (χ4v) is 2.97. The molecule has 6 nitrogen and oxygen atoms in total. The van der Waals surface area contributed by atoms with E-state index in [0.29, 0.717) is 12.0 Å². The molecule has 1 aliphatic carbocycles. The van der Waals surface area contributed by atoms with E-state index in [1.807, 2.05) is 6.07 Å². The largest absolute Gasteiger partial charge is 0.453 e. The average Bonchev–Trinajstić information content (AvgIpc) is 2.48. The summed E-state index contributed by atoms with van der Waals surface area (Å²) >= 11 is 0. The van der Waals surface area contributed by atoms with Crippen molar-refractivity contribution in [2.75, 3.05) is 0 Å². The summed E-state index contributed by atoms with van der Waals surface area (Å²) in [5.41, 5.74) is 0.465. The molecule has 6 heteroatoms. The molecule has 3 aliphatic heterocycles.